The summed E-state index contributed by atoms with van der Waals surface area (Å²) in [5.74, 6) is -0.310. The van der Waals surface area contributed by atoms with Crippen molar-refractivity contribution in [1.29, 1.82) is 5.26 Å². The van der Waals surface area contributed by atoms with Gasteiger partial charge in [0.15, 0.2) is 0 Å². The van der Waals surface area contributed by atoms with Crippen molar-refractivity contribution in [2.45, 2.75) is 19.1 Å². The molecule has 0 aromatic heterocycles. The number of morpholine rings is 1. The Morgan fingerprint density at radius 2 is 1.89 bits per heavy atom. The minimum atomic E-state index is -0.361. The lowest BCUT2D eigenvalue weighted by Gasteiger charge is -2.36. The van der Waals surface area contributed by atoms with E-state index in [2.05, 4.69) is 11.0 Å². The summed E-state index contributed by atoms with van der Waals surface area (Å²) in [5, 5.41) is 8.91. The fourth-order valence-corrected chi connectivity index (χ4v) is 3.17. The number of ether oxygens (including phenoxy) is 1. The van der Waals surface area contributed by atoms with Crippen molar-refractivity contribution in [2.75, 3.05) is 26.8 Å². The van der Waals surface area contributed by atoms with Gasteiger partial charge in [0.1, 0.15) is 11.9 Å². The fourth-order valence-electron chi connectivity index (χ4n) is 3.17. The maximum Gasteiger partial charge on any atom is 0.242 e. The summed E-state index contributed by atoms with van der Waals surface area (Å²) < 4.78 is 18.6. The van der Waals surface area contributed by atoms with E-state index in [9.17, 15) is 9.18 Å². The van der Waals surface area contributed by atoms with Crippen LogP contribution in [0.25, 0.3) is 0 Å². The summed E-state index contributed by atoms with van der Waals surface area (Å²) in [6.45, 7) is 2.64. The van der Waals surface area contributed by atoms with Gasteiger partial charge in [-0.15, -0.1) is 0 Å². The Labute approximate surface area is 158 Å². The zero-order chi connectivity index (χ0) is 19.2. The molecular weight excluding hydrogens is 345 g/mol. The molecule has 1 aliphatic rings. The van der Waals surface area contributed by atoms with Crippen molar-refractivity contribution in [1.82, 2.24) is 9.80 Å². The summed E-state index contributed by atoms with van der Waals surface area (Å²) in [6.07, 6.45) is 0. The molecule has 140 valence electrons. The molecule has 0 bridgehead atoms. The molecule has 2 aromatic carbocycles. The Morgan fingerprint density at radius 3 is 2.56 bits per heavy atom. The minimum Gasteiger partial charge on any atom is -0.378 e. The highest BCUT2D eigenvalue weighted by molar-refractivity contribution is 5.82. The first-order valence-corrected chi connectivity index (χ1v) is 8.87. The van der Waals surface area contributed by atoms with Crippen LogP contribution in [0.1, 0.15) is 16.7 Å². The molecule has 6 heteroatoms. The third kappa shape index (κ3) is 4.91. The van der Waals surface area contributed by atoms with Crippen molar-refractivity contribution < 1.29 is 13.9 Å². The second kappa shape index (κ2) is 8.76. The number of benzene rings is 2. The number of hydrogen-bond acceptors (Lipinski definition) is 4. The molecule has 0 radical (unpaired) electrons. The van der Waals surface area contributed by atoms with Crippen LogP contribution in [-0.2, 0) is 22.6 Å². The fraction of sp³-hybridized carbons (Fsp3) is 0.333. The lowest BCUT2D eigenvalue weighted by atomic mass is 10.1. The Balaban J connectivity index is 1.66. The second-order valence-electron chi connectivity index (χ2n) is 6.69. The summed E-state index contributed by atoms with van der Waals surface area (Å²) in [7, 11) is 1.75. The SMILES string of the molecule is CN(Cc1ccc(F)cc1)C(=O)[C@H]1COCCN1Cc1ccc(C#N)cc1. The van der Waals surface area contributed by atoms with Gasteiger partial charge in [0.2, 0.25) is 5.91 Å². The molecule has 1 aliphatic heterocycles. The lowest BCUT2D eigenvalue weighted by Crippen LogP contribution is -2.53. The van der Waals surface area contributed by atoms with E-state index in [1.165, 1.54) is 12.1 Å². The van der Waals surface area contributed by atoms with E-state index in [1.807, 2.05) is 12.1 Å². The normalized spacial score (nSPS) is 17.3. The Morgan fingerprint density at radius 1 is 1.22 bits per heavy atom. The molecular formula is C21H22FN3O2. The maximum absolute atomic E-state index is 13.1. The molecule has 2 aromatic rings. The predicted molar refractivity (Wildman–Crippen MR) is 99.0 cm³/mol. The number of likely N-dealkylation sites (N-methyl/N-ethyl adjacent to an activating group) is 1. The van der Waals surface area contributed by atoms with Gasteiger partial charge in [-0.25, -0.2) is 4.39 Å². The number of nitriles is 1. The van der Waals surface area contributed by atoms with E-state index in [-0.39, 0.29) is 17.8 Å². The number of rotatable bonds is 5. The number of carbonyl (C=O) groups excluding carboxylic acids is 1. The topological polar surface area (TPSA) is 56.6 Å². The van der Waals surface area contributed by atoms with Crippen molar-refractivity contribution in [3.63, 3.8) is 0 Å². The molecule has 0 unspecified atom stereocenters. The monoisotopic (exact) mass is 367 g/mol. The van der Waals surface area contributed by atoms with E-state index < -0.39 is 0 Å². The first kappa shape index (κ1) is 19.0. The molecule has 3 rings (SSSR count). The van der Waals surface area contributed by atoms with Crippen LogP contribution in [0.4, 0.5) is 4.39 Å². The first-order valence-electron chi connectivity index (χ1n) is 8.87. The van der Waals surface area contributed by atoms with Crippen LogP contribution in [0.15, 0.2) is 48.5 Å². The number of hydrogen-bond donors (Lipinski definition) is 0. The van der Waals surface area contributed by atoms with Gasteiger partial charge in [0, 0.05) is 26.7 Å². The Bertz CT molecular complexity index is 815. The second-order valence-corrected chi connectivity index (χ2v) is 6.69. The minimum absolute atomic E-state index is 0.0207. The van der Waals surface area contributed by atoms with Crippen molar-refractivity contribution >= 4 is 5.91 Å². The van der Waals surface area contributed by atoms with Gasteiger partial charge in [0.05, 0.1) is 24.8 Å². The third-order valence-corrected chi connectivity index (χ3v) is 4.70. The third-order valence-electron chi connectivity index (χ3n) is 4.70. The molecule has 27 heavy (non-hydrogen) atoms. The number of amides is 1. The molecule has 0 aliphatic carbocycles. The van der Waals surface area contributed by atoms with Crippen molar-refractivity contribution in [3.8, 4) is 6.07 Å². The zero-order valence-electron chi connectivity index (χ0n) is 15.3. The molecule has 0 saturated carbocycles. The van der Waals surface area contributed by atoms with Crippen LogP contribution >= 0.6 is 0 Å². The van der Waals surface area contributed by atoms with Gasteiger partial charge in [-0.05, 0) is 35.4 Å². The van der Waals surface area contributed by atoms with Crippen LogP contribution in [0, 0.1) is 17.1 Å². The van der Waals surface area contributed by atoms with E-state index in [0.29, 0.717) is 38.4 Å². The molecule has 0 spiro atoms. The van der Waals surface area contributed by atoms with Gasteiger partial charge in [-0.2, -0.15) is 5.26 Å². The number of nitrogens with zero attached hydrogens (tertiary/aromatic N) is 3. The highest BCUT2D eigenvalue weighted by atomic mass is 19.1. The molecule has 1 saturated heterocycles. The van der Waals surface area contributed by atoms with Crippen LogP contribution in [0.2, 0.25) is 0 Å². The highest BCUT2D eigenvalue weighted by Crippen LogP contribution is 2.16. The van der Waals surface area contributed by atoms with Gasteiger partial charge in [0.25, 0.3) is 0 Å². The van der Waals surface area contributed by atoms with Crippen LogP contribution in [0.3, 0.4) is 0 Å². The molecule has 1 fully saturated rings. The Kier molecular flexibility index (Phi) is 6.17. The predicted octanol–water partition coefficient (Wildman–Crippen LogP) is 2.56. The van der Waals surface area contributed by atoms with Crippen molar-refractivity contribution in [3.05, 3.63) is 71.0 Å². The van der Waals surface area contributed by atoms with Gasteiger partial charge in [-0.1, -0.05) is 24.3 Å². The summed E-state index contributed by atoms with van der Waals surface area (Å²) in [4.78, 5) is 16.7. The Hall–Kier alpha value is -2.75. The average molecular weight is 367 g/mol. The lowest BCUT2D eigenvalue weighted by molar-refractivity contribution is -0.142. The zero-order valence-corrected chi connectivity index (χ0v) is 15.3. The molecule has 5 nitrogen and oxygen atoms in total. The van der Waals surface area contributed by atoms with E-state index in [4.69, 9.17) is 10.00 Å². The smallest absolute Gasteiger partial charge is 0.242 e. The summed E-state index contributed by atoms with van der Waals surface area (Å²) >= 11 is 0. The number of carbonyl (C=O) groups is 1. The highest BCUT2D eigenvalue weighted by Gasteiger charge is 2.31. The first-order chi connectivity index (χ1) is 13.1. The molecule has 1 atom stereocenters. The largest absolute Gasteiger partial charge is 0.378 e. The number of halogens is 1. The standard InChI is InChI=1S/C21H22FN3O2/c1-24(13-17-6-8-19(22)9-7-17)21(26)20-15-27-11-10-25(20)14-18-4-2-16(12-23)3-5-18/h2-9,20H,10-11,13-15H2,1H3/t20-/m1/s1. The van der Waals surface area contributed by atoms with Gasteiger partial charge < -0.3 is 9.64 Å². The molecule has 0 N–H and O–H groups in total. The maximum atomic E-state index is 13.1. The van der Waals surface area contributed by atoms with Gasteiger partial charge >= 0.3 is 0 Å². The molecule has 1 amide bonds. The summed E-state index contributed by atoms with van der Waals surface area (Å²) in [6, 6.07) is 15.3. The molecule has 1 heterocycles. The van der Waals surface area contributed by atoms with Crippen LogP contribution < -0.4 is 0 Å². The van der Waals surface area contributed by atoms with Crippen molar-refractivity contribution in [2.24, 2.45) is 0 Å². The van der Waals surface area contributed by atoms with E-state index >= 15 is 0 Å². The van der Waals surface area contributed by atoms with Crippen LogP contribution in [0.5, 0.6) is 0 Å². The van der Waals surface area contributed by atoms with Crippen LogP contribution in [-0.4, -0.2) is 48.6 Å². The average Bonchev–Trinajstić information content (AvgIpc) is 2.70. The van der Waals surface area contributed by atoms with Gasteiger partial charge in [-0.3, -0.25) is 9.69 Å². The van der Waals surface area contributed by atoms with E-state index in [1.54, 1.807) is 36.2 Å². The quantitative estimate of drug-likeness (QED) is 0.815. The van der Waals surface area contributed by atoms with E-state index in [0.717, 1.165) is 11.1 Å². The summed E-state index contributed by atoms with van der Waals surface area (Å²) in [5.41, 5.74) is 2.55.